The van der Waals surface area contributed by atoms with E-state index in [1.54, 1.807) is 0 Å². The number of nitrogens with zero attached hydrogens (tertiary/aromatic N) is 1. The van der Waals surface area contributed by atoms with Crippen molar-refractivity contribution < 1.29 is 0 Å². The number of aryl methyl sites for hydroxylation is 1. The van der Waals surface area contributed by atoms with Gasteiger partial charge in [0.15, 0.2) is 0 Å². The van der Waals surface area contributed by atoms with Gasteiger partial charge in [-0.15, -0.1) is 6.42 Å². The molecule has 0 aliphatic carbocycles. The molecule has 0 atom stereocenters. The number of nitrogens with two attached hydrogens (primary N) is 1. The Bertz CT molecular complexity index is 377. The van der Waals surface area contributed by atoms with Gasteiger partial charge in [0.2, 0.25) is 0 Å². The van der Waals surface area contributed by atoms with Crippen molar-refractivity contribution in [3.05, 3.63) is 29.3 Å². The van der Waals surface area contributed by atoms with Gasteiger partial charge < -0.3 is 5.73 Å². The molecule has 0 heterocycles. The van der Waals surface area contributed by atoms with Crippen LogP contribution in [0.3, 0.4) is 0 Å². The molecule has 1 rings (SSSR count). The number of nitrogen functional groups attached to an aromatic ring is 1. The molecule has 0 radical (unpaired) electrons. The van der Waals surface area contributed by atoms with Gasteiger partial charge in [0, 0.05) is 12.2 Å². The van der Waals surface area contributed by atoms with Crippen LogP contribution in [0.2, 0.25) is 0 Å². The summed E-state index contributed by atoms with van der Waals surface area (Å²) in [6, 6.07) is 6.17. The molecular weight excluding hydrogens is 196 g/mol. The summed E-state index contributed by atoms with van der Waals surface area (Å²) in [5.74, 6) is 2.70. The Hall–Kier alpha value is -1.46. The van der Waals surface area contributed by atoms with Crippen LogP contribution in [0.1, 0.15) is 24.5 Å². The minimum absolute atomic E-state index is 0.706. The van der Waals surface area contributed by atoms with Crippen LogP contribution >= 0.6 is 0 Å². The zero-order valence-corrected chi connectivity index (χ0v) is 10.2. The molecule has 0 aliphatic heterocycles. The Morgan fingerprint density at radius 1 is 1.44 bits per heavy atom. The van der Waals surface area contributed by atoms with E-state index in [-0.39, 0.29) is 0 Å². The first kappa shape index (κ1) is 12.6. The first-order valence-corrected chi connectivity index (χ1v) is 5.68. The van der Waals surface area contributed by atoms with Gasteiger partial charge in [0.1, 0.15) is 0 Å². The number of hydrogen-bond acceptors (Lipinski definition) is 2. The monoisotopic (exact) mass is 216 g/mol. The first-order valence-electron chi connectivity index (χ1n) is 5.68. The molecule has 2 N–H and O–H groups in total. The third-order valence-electron chi connectivity index (χ3n) is 2.60. The van der Waals surface area contributed by atoms with Crippen molar-refractivity contribution in [3.63, 3.8) is 0 Å². The molecule has 0 unspecified atom stereocenters. The fraction of sp³-hybridized carbons (Fsp3) is 0.429. The van der Waals surface area contributed by atoms with E-state index in [1.165, 1.54) is 5.56 Å². The standard InChI is InChI=1S/C14H20N2/c1-4-8-16(9-5-2)11-13-6-7-14(15)12(3)10-13/h1,6-7,10H,5,8-9,11,15H2,2-3H3. The van der Waals surface area contributed by atoms with Gasteiger partial charge >= 0.3 is 0 Å². The van der Waals surface area contributed by atoms with Crippen molar-refractivity contribution >= 4 is 5.69 Å². The highest BCUT2D eigenvalue weighted by atomic mass is 15.1. The molecule has 0 spiro atoms. The predicted octanol–water partition coefficient (Wildman–Crippen LogP) is 2.42. The van der Waals surface area contributed by atoms with Crippen LogP contribution in [-0.4, -0.2) is 18.0 Å². The van der Waals surface area contributed by atoms with Gasteiger partial charge in [-0.3, -0.25) is 4.90 Å². The summed E-state index contributed by atoms with van der Waals surface area (Å²) in [6.07, 6.45) is 6.48. The number of rotatable bonds is 5. The fourth-order valence-electron chi connectivity index (χ4n) is 1.75. The molecular formula is C14H20N2. The lowest BCUT2D eigenvalue weighted by atomic mass is 10.1. The Kier molecular flexibility index (Phi) is 4.88. The van der Waals surface area contributed by atoms with E-state index in [4.69, 9.17) is 12.2 Å². The maximum atomic E-state index is 5.79. The molecule has 16 heavy (non-hydrogen) atoms. The Morgan fingerprint density at radius 3 is 2.75 bits per heavy atom. The smallest absolute Gasteiger partial charge is 0.0601 e. The molecule has 1 aromatic carbocycles. The van der Waals surface area contributed by atoms with Crippen molar-refractivity contribution in [1.82, 2.24) is 4.90 Å². The van der Waals surface area contributed by atoms with Crippen molar-refractivity contribution in [3.8, 4) is 12.3 Å². The largest absolute Gasteiger partial charge is 0.399 e. The van der Waals surface area contributed by atoms with E-state index in [9.17, 15) is 0 Å². The van der Waals surface area contributed by atoms with Crippen LogP contribution in [0.5, 0.6) is 0 Å². The second kappa shape index (κ2) is 6.19. The first-order chi connectivity index (χ1) is 7.67. The van der Waals surface area contributed by atoms with E-state index in [0.29, 0.717) is 6.54 Å². The topological polar surface area (TPSA) is 29.3 Å². The number of benzene rings is 1. The van der Waals surface area contributed by atoms with Gasteiger partial charge in [0.05, 0.1) is 6.54 Å². The van der Waals surface area contributed by atoms with Gasteiger partial charge in [-0.1, -0.05) is 25.0 Å². The van der Waals surface area contributed by atoms with E-state index < -0.39 is 0 Å². The molecule has 0 fully saturated rings. The minimum Gasteiger partial charge on any atom is -0.399 e. The average molecular weight is 216 g/mol. The maximum absolute atomic E-state index is 5.79. The molecule has 0 bridgehead atoms. The van der Waals surface area contributed by atoms with Crippen LogP contribution in [0.4, 0.5) is 5.69 Å². The third kappa shape index (κ3) is 3.60. The van der Waals surface area contributed by atoms with Gasteiger partial charge in [-0.05, 0) is 37.1 Å². The van der Waals surface area contributed by atoms with Crippen LogP contribution in [0, 0.1) is 19.3 Å². The molecule has 0 saturated carbocycles. The van der Waals surface area contributed by atoms with Crippen LogP contribution in [0.25, 0.3) is 0 Å². The molecule has 1 aromatic rings. The van der Waals surface area contributed by atoms with Gasteiger partial charge in [-0.2, -0.15) is 0 Å². The zero-order chi connectivity index (χ0) is 12.0. The molecule has 0 aliphatic rings. The second-order valence-corrected chi connectivity index (χ2v) is 4.11. The predicted molar refractivity (Wildman–Crippen MR) is 70.0 cm³/mol. The van der Waals surface area contributed by atoms with Crippen molar-refractivity contribution in [2.75, 3.05) is 18.8 Å². The van der Waals surface area contributed by atoms with Crippen LogP contribution < -0.4 is 5.73 Å². The Morgan fingerprint density at radius 2 is 2.19 bits per heavy atom. The highest BCUT2D eigenvalue weighted by molar-refractivity contribution is 5.47. The second-order valence-electron chi connectivity index (χ2n) is 4.11. The summed E-state index contributed by atoms with van der Waals surface area (Å²) >= 11 is 0. The van der Waals surface area contributed by atoms with E-state index in [2.05, 4.69) is 29.9 Å². The highest BCUT2D eigenvalue weighted by Crippen LogP contribution is 2.14. The summed E-state index contributed by atoms with van der Waals surface area (Å²) in [4.78, 5) is 2.27. The van der Waals surface area contributed by atoms with Crippen molar-refractivity contribution in [2.45, 2.75) is 26.8 Å². The fourth-order valence-corrected chi connectivity index (χ4v) is 1.75. The molecule has 0 aromatic heterocycles. The summed E-state index contributed by atoms with van der Waals surface area (Å²) in [5, 5.41) is 0. The van der Waals surface area contributed by atoms with Crippen molar-refractivity contribution in [1.29, 1.82) is 0 Å². The lowest BCUT2D eigenvalue weighted by molar-refractivity contribution is 0.299. The van der Waals surface area contributed by atoms with Crippen LogP contribution in [-0.2, 0) is 6.54 Å². The van der Waals surface area contributed by atoms with Crippen molar-refractivity contribution in [2.24, 2.45) is 0 Å². The number of hydrogen-bond donors (Lipinski definition) is 1. The van der Waals surface area contributed by atoms with E-state index in [0.717, 1.165) is 30.8 Å². The average Bonchev–Trinajstić information content (AvgIpc) is 2.24. The normalized spacial score (nSPS) is 10.4. The summed E-state index contributed by atoms with van der Waals surface area (Å²) in [6.45, 7) is 6.84. The Labute approximate surface area is 98.4 Å². The highest BCUT2D eigenvalue weighted by Gasteiger charge is 2.04. The number of terminal acetylenes is 1. The maximum Gasteiger partial charge on any atom is 0.0601 e. The summed E-state index contributed by atoms with van der Waals surface area (Å²) < 4.78 is 0. The summed E-state index contributed by atoms with van der Waals surface area (Å²) in [5.41, 5.74) is 9.05. The van der Waals surface area contributed by atoms with E-state index >= 15 is 0 Å². The molecule has 0 saturated heterocycles. The molecule has 2 heteroatoms. The van der Waals surface area contributed by atoms with Gasteiger partial charge in [0.25, 0.3) is 0 Å². The number of anilines is 1. The minimum atomic E-state index is 0.706. The third-order valence-corrected chi connectivity index (χ3v) is 2.60. The SMILES string of the molecule is C#CCN(CCC)Cc1ccc(N)c(C)c1. The Balaban J connectivity index is 2.69. The summed E-state index contributed by atoms with van der Waals surface area (Å²) in [7, 11) is 0. The van der Waals surface area contributed by atoms with Crippen LogP contribution in [0.15, 0.2) is 18.2 Å². The van der Waals surface area contributed by atoms with Gasteiger partial charge in [-0.25, -0.2) is 0 Å². The quantitative estimate of drug-likeness (QED) is 0.605. The molecule has 2 nitrogen and oxygen atoms in total. The lowest BCUT2D eigenvalue weighted by Gasteiger charge is -2.19. The zero-order valence-electron chi connectivity index (χ0n) is 10.2. The lowest BCUT2D eigenvalue weighted by Crippen LogP contribution is -2.24. The van der Waals surface area contributed by atoms with E-state index in [1.807, 2.05) is 13.0 Å². The molecule has 86 valence electrons. The molecule has 0 amide bonds.